The normalized spacial score (nSPS) is 24.2. The summed E-state index contributed by atoms with van der Waals surface area (Å²) < 4.78 is 11.4. The number of hydrogen-bond acceptors (Lipinski definition) is 4. The summed E-state index contributed by atoms with van der Waals surface area (Å²) in [5.74, 6) is -1.08. The van der Waals surface area contributed by atoms with Crippen LogP contribution >= 0.6 is 0 Å². The maximum Gasteiger partial charge on any atom is 0.310 e. The van der Waals surface area contributed by atoms with E-state index in [-0.39, 0.29) is 5.79 Å². The highest BCUT2D eigenvalue weighted by atomic mass is 16.7. The van der Waals surface area contributed by atoms with E-state index in [2.05, 4.69) is 4.90 Å². The van der Waals surface area contributed by atoms with Crippen LogP contribution in [0.2, 0.25) is 0 Å². The number of carboxylic acid groups (broad SMARTS) is 1. The van der Waals surface area contributed by atoms with Gasteiger partial charge in [0.05, 0.1) is 18.6 Å². The third-order valence-electron chi connectivity index (χ3n) is 4.38. The number of carbonyl (C=O) groups is 1. The van der Waals surface area contributed by atoms with Crippen molar-refractivity contribution in [1.82, 2.24) is 4.90 Å². The SMILES string of the molecule is CN(CC(C)(C)C(=O)O)C1CCC2(CC1)OCCO2. The molecule has 2 fully saturated rings. The molecule has 0 amide bonds. The molecule has 0 aromatic heterocycles. The third-order valence-corrected chi connectivity index (χ3v) is 4.38. The molecule has 1 saturated carbocycles. The second-order valence-corrected chi connectivity index (χ2v) is 6.44. The van der Waals surface area contributed by atoms with Crippen LogP contribution < -0.4 is 0 Å². The van der Waals surface area contributed by atoms with Crippen LogP contribution in [-0.4, -0.2) is 54.6 Å². The summed E-state index contributed by atoms with van der Waals surface area (Å²) in [7, 11) is 2.02. The van der Waals surface area contributed by atoms with E-state index < -0.39 is 11.4 Å². The van der Waals surface area contributed by atoms with Crippen molar-refractivity contribution in [1.29, 1.82) is 0 Å². The summed E-state index contributed by atoms with van der Waals surface area (Å²) in [6.07, 6.45) is 3.84. The molecule has 2 aliphatic rings. The molecule has 1 N–H and O–H groups in total. The van der Waals surface area contributed by atoms with Gasteiger partial charge in [0.2, 0.25) is 0 Å². The minimum Gasteiger partial charge on any atom is -0.481 e. The van der Waals surface area contributed by atoms with Gasteiger partial charge in [-0.25, -0.2) is 0 Å². The van der Waals surface area contributed by atoms with Gasteiger partial charge in [0.25, 0.3) is 0 Å². The Hall–Kier alpha value is -0.650. The molecular formula is C14H25NO4. The van der Waals surface area contributed by atoms with Crippen LogP contribution in [0.4, 0.5) is 0 Å². The van der Waals surface area contributed by atoms with E-state index in [1.54, 1.807) is 13.8 Å². The van der Waals surface area contributed by atoms with Crippen molar-refractivity contribution < 1.29 is 19.4 Å². The van der Waals surface area contributed by atoms with E-state index in [0.717, 1.165) is 25.7 Å². The van der Waals surface area contributed by atoms with Crippen LogP contribution in [-0.2, 0) is 14.3 Å². The minimum atomic E-state index is -0.742. The van der Waals surface area contributed by atoms with E-state index in [9.17, 15) is 9.90 Å². The van der Waals surface area contributed by atoms with Crippen LogP contribution in [0.5, 0.6) is 0 Å². The topological polar surface area (TPSA) is 59.0 Å². The Morgan fingerprint density at radius 1 is 1.32 bits per heavy atom. The molecule has 0 radical (unpaired) electrons. The van der Waals surface area contributed by atoms with Crippen molar-refractivity contribution in [3.63, 3.8) is 0 Å². The molecule has 1 aliphatic heterocycles. The first-order chi connectivity index (χ1) is 8.85. The first-order valence-electron chi connectivity index (χ1n) is 7.06. The highest BCUT2D eigenvalue weighted by Crippen LogP contribution is 2.37. The molecule has 1 spiro atoms. The van der Waals surface area contributed by atoms with Crippen molar-refractivity contribution in [3.8, 4) is 0 Å². The minimum absolute atomic E-state index is 0.334. The van der Waals surface area contributed by atoms with E-state index in [1.807, 2.05) is 7.05 Å². The first kappa shape index (κ1) is 14.8. The maximum atomic E-state index is 11.2. The molecule has 5 heteroatoms. The largest absolute Gasteiger partial charge is 0.481 e. The van der Waals surface area contributed by atoms with Crippen molar-refractivity contribution in [3.05, 3.63) is 0 Å². The molecule has 0 atom stereocenters. The zero-order valence-electron chi connectivity index (χ0n) is 12.1. The Morgan fingerprint density at radius 2 is 1.84 bits per heavy atom. The van der Waals surface area contributed by atoms with Gasteiger partial charge in [-0.1, -0.05) is 0 Å². The maximum absolute atomic E-state index is 11.2. The predicted molar refractivity (Wildman–Crippen MR) is 70.9 cm³/mol. The van der Waals surface area contributed by atoms with Gasteiger partial charge in [-0.2, -0.15) is 0 Å². The lowest BCUT2D eigenvalue weighted by Gasteiger charge is -2.40. The smallest absolute Gasteiger partial charge is 0.310 e. The van der Waals surface area contributed by atoms with Gasteiger partial charge < -0.3 is 19.5 Å². The summed E-state index contributed by atoms with van der Waals surface area (Å²) in [4.78, 5) is 13.4. The quantitative estimate of drug-likeness (QED) is 0.843. The van der Waals surface area contributed by atoms with Crippen LogP contribution in [0.3, 0.4) is 0 Å². The molecule has 0 bridgehead atoms. The van der Waals surface area contributed by atoms with Crippen LogP contribution in [0.25, 0.3) is 0 Å². The zero-order valence-corrected chi connectivity index (χ0v) is 12.1. The average molecular weight is 271 g/mol. The molecule has 110 valence electrons. The average Bonchev–Trinajstić information content (AvgIpc) is 2.77. The molecule has 0 aromatic carbocycles. The lowest BCUT2D eigenvalue weighted by Crippen LogP contribution is -2.46. The third kappa shape index (κ3) is 3.27. The van der Waals surface area contributed by atoms with Gasteiger partial charge in [0.15, 0.2) is 5.79 Å². The Labute approximate surface area is 114 Å². The van der Waals surface area contributed by atoms with E-state index in [4.69, 9.17) is 9.47 Å². The van der Waals surface area contributed by atoms with Gasteiger partial charge in [0.1, 0.15) is 0 Å². The summed E-state index contributed by atoms with van der Waals surface area (Å²) in [5.41, 5.74) is -0.704. The number of ether oxygens (including phenoxy) is 2. The van der Waals surface area contributed by atoms with E-state index >= 15 is 0 Å². The monoisotopic (exact) mass is 271 g/mol. The fraction of sp³-hybridized carbons (Fsp3) is 0.929. The Bertz CT molecular complexity index is 326. The summed E-state index contributed by atoms with van der Waals surface area (Å²) in [6, 6.07) is 0.428. The highest BCUT2D eigenvalue weighted by Gasteiger charge is 2.42. The number of nitrogens with zero attached hydrogens (tertiary/aromatic N) is 1. The highest BCUT2D eigenvalue weighted by molar-refractivity contribution is 5.73. The van der Waals surface area contributed by atoms with Gasteiger partial charge in [0, 0.05) is 25.4 Å². The molecule has 1 heterocycles. The Morgan fingerprint density at radius 3 is 2.32 bits per heavy atom. The summed E-state index contributed by atoms with van der Waals surface area (Å²) in [6.45, 7) is 5.53. The molecule has 0 aromatic rings. The van der Waals surface area contributed by atoms with Crippen LogP contribution in [0.15, 0.2) is 0 Å². The van der Waals surface area contributed by atoms with Crippen molar-refractivity contribution in [2.45, 2.75) is 51.4 Å². The van der Waals surface area contributed by atoms with Crippen molar-refractivity contribution in [2.24, 2.45) is 5.41 Å². The van der Waals surface area contributed by atoms with Gasteiger partial charge in [-0.15, -0.1) is 0 Å². The number of aliphatic carboxylic acids is 1. The molecule has 2 rings (SSSR count). The molecule has 0 unspecified atom stereocenters. The van der Waals surface area contributed by atoms with Crippen LogP contribution in [0, 0.1) is 5.41 Å². The zero-order chi connectivity index (χ0) is 14.1. The van der Waals surface area contributed by atoms with Crippen LogP contribution in [0.1, 0.15) is 39.5 Å². The number of hydrogen-bond donors (Lipinski definition) is 1. The van der Waals surface area contributed by atoms with Crippen molar-refractivity contribution in [2.75, 3.05) is 26.8 Å². The first-order valence-corrected chi connectivity index (χ1v) is 7.06. The molecular weight excluding hydrogens is 246 g/mol. The number of carboxylic acids is 1. The van der Waals surface area contributed by atoms with Gasteiger partial charge >= 0.3 is 5.97 Å². The molecule has 1 saturated heterocycles. The number of rotatable bonds is 4. The second kappa shape index (κ2) is 5.38. The fourth-order valence-corrected chi connectivity index (χ4v) is 3.09. The lowest BCUT2D eigenvalue weighted by molar-refractivity contribution is -0.184. The Kier molecular flexibility index (Phi) is 4.18. The summed E-state index contributed by atoms with van der Waals surface area (Å²) in [5, 5.41) is 9.19. The molecule has 1 aliphatic carbocycles. The lowest BCUT2D eigenvalue weighted by atomic mass is 9.87. The standard InChI is InChI=1S/C14H25NO4/c1-13(2,12(16)17)10-15(3)11-4-6-14(7-5-11)18-8-9-19-14/h11H,4-10H2,1-3H3,(H,16,17). The predicted octanol–water partition coefficient (Wildman–Crippen LogP) is 1.71. The summed E-state index contributed by atoms with van der Waals surface area (Å²) >= 11 is 0. The van der Waals surface area contributed by atoms with Gasteiger partial charge in [-0.3, -0.25) is 4.79 Å². The molecule has 19 heavy (non-hydrogen) atoms. The Balaban J connectivity index is 1.85. The second-order valence-electron chi connectivity index (χ2n) is 6.44. The van der Waals surface area contributed by atoms with E-state index in [0.29, 0.717) is 25.8 Å². The van der Waals surface area contributed by atoms with Gasteiger partial charge in [-0.05, 0) is 33.7 Å². The molecule has 5 nitrogen and oxygen atoms in total. The fourth-order valence-electron chi connectivity index (χ4n) is 3.09. The van der Waals surface area contributed by atoms with Crippen molar-refractivity contribution >= 4 is 5.97 Å². The van der Waals surface area contributed by atoms with E-state index in [1.165, 1.54) is 0 Å².